The molecule has 102 valence electrons. The lowest BCUT2D eigenvalue weighted by Crippen LogP contribution is -2.12. The van der Waals surface area contributed by atoms with Gasteiger partial charge in [-0.05, 0) is 31.0 Å². The molecule has 2 N–H and O–H groups in total. The van der Waals surface area contributed by atoms with Gasteiger partial charge in [0.15, 0.2) is 5.13 Å². The minimum atomic E-state index is -0.0321. The van der Waals surface area contributed by atoms with Gasteiger partial charge >= 0.3 is 0 Å². The number of amides is 1. The van der Waals surface area contributed by atoms with E-state index in [-0.39, 0.29) is 5.91 Å². The maximum atomic E-state index is 11.9. The Labute approximate surface area is 120 Å². The summed E-state index contributed by atoms with van der Waals surface area (Å²) in [4.78, 5) is 23.2. The van der Waals surface area contributed by atoms with E-state index in [0.717, 1.165) is 15.9 Å². The maximum Gasteiger partial charge on any atom is 0.226 e. The number of anilines is 1. The molecule has 0 spiro atoms. The number of thiazole rings is 1. The summed E-state index contributed by atoms with van der Waals surface area (Å²) in [5, 5.41) is 3.50. The number of carbonyl (C=O) groups is 1. The van der Waals surface area contributed by atoms with Gasteiger partial charge in [-0.1, -0.05) is 17.4 Å². The Kier molecular flexibility index (Phi) is 3.47. The molecule has 0 aliphatic heterocycles. The number of hydrogen-bond donors (Lipinski definition) is 2. The second-order valence-electron chi connectivity index (χ2n) is 4.62. The highest BCUT2D eigenvalue weighted by Gasteiger charge is 2.08. The zero-order chi connectivity index (χ0) is 13.9. The molecule has 0 radical (unpaired) electrons. The Morgan fingerprint density at radius 3 is 3.15 bits per heavy atom. The number of carbonyl (C=O) groups excluding carboxylic acids is 1. The van der Waals surface area contributed by atoms with Crippen LogP contribution in [0.4, 0.5) is 5.13 Å². The van der Waals surface area contributed by atoms with Gasteiger partial charge in [0.05, 0.1) is 16.5 Å². The van der Waals surface area contributed by atoms with Gasteiger partial charge in [-0.3, -0.25) is 4.79 Å². The summed E-state index contributed by atoms with van der Waals surface area (Å²) in [5.41, 5.74) is 3.07. The average molecular weight is 286 g/mol. The van der Waals surface area contributed by atoms with Crippen LogP contribution in [0, 0.1) is 6.92 Å². The van der Waals surface area contributed by atoms with Crippen molar-refractivity contribution in [1.29, 1.82) is 0 Å². The molecular weight excluding hydrogens is 272 g/mol. The van der Waals surface area contributed by atoms with Crippen LogP contribution in [0.1, 0.15) is 17.7 Å². The predicted octanol–water partition coefficient (Wildman–Crippen LogP) is 2.90. The van der Waals surface area contributed by atoms with Gasteiger partial charge in [0.2, 0.25) is 5.91 Å². The summed E-state index contributed by atoms with van der Waals surface area (Å²) in [6.45, 7) is 2.04. The van der Waals surface area contributed by atoms with Crippen LogP contribution in [-0.2, 0) is 11.2 Å². The normalized spacial score (nSPS) is 10.8. The first kappa shape index (κ1) is 12.8. The van der Waals surface area contributed by atoms with E-state index >= 15 is 0 Å². The molecule has 0 saturated carbocycles. The molecule has 6 heteroatoms. The Morgan fingerprint density at radius 1 is 1.45 bits per heavy atom. The Morgan fingerprint density at radius 2 is 2.35 bits per heavy atom. The molecule has 0 aliphatic rings. The van der Waals surface area contributed by atoms with E-state index in [9.17, 15) is 4.79 Å². The van der Waals surface area contributed by atoms with Gasteiger partial charge in [-0.15, -0.1) is 0 Å². The Bertz CT molecular complexity index is 733. The lowest BCUT2D eigenvalue weighted by molar-refractivity contribution is -0.116. The molecule has 3 aromatic rings. The first-order valence-corrected chi connectivity index (χ1v) is 7.16. The van der Waals surface area contributed by atoms with Crippen LogP contribution in [0.25, 0.3) is 10.2 Å². The molecule has 2 aromatic heterocycles. The number of aryl methyl sites for hydroxylation is 2. The zero-order valence-electron chi connectivity index (χ0n) is 11.0. The summed E-state index contributed by atoms with van der Waals surface area (Å²) in [6, 6.07) is 6.07. The van der Waals surface area contributed by atoms with Crippen molar-refractivity contribution in [1.82, 2.24) is 15.0 Å². The number of rotatable bonds is 4. The highest BCUT2D eigenvalue weighted by atomic mass is 32.1. The number of fused-ring (bicyclic) bond motifs is 1. The minimum Gasteiger partial charge on any atom is -0.348 e. The van der Waals surface area contributed by atoms with Gasteiger partial charge in [-0.25, -0.2) is 9.97 Å². The van der Waals surface area contributed by atoms with Crippen molar-refractivity contribution in [2.45, 2.75) is 19.8 Å². The van der Waals surface area contributed by atoms with E-state index in [1.807, 2.05) is 19.1 Å². The molecule has 0 aliphatic carbocycles. The fourth-order valence-electron chi connectivity index (χ4n) is 1.94. The molecule has 2 heterocycles. The molecule has 20 heavy (non-hydrogen) atoms. The van der Waals surface area contributed by atoms with Crippen molar-refractivity contribution >= 4 is 32.6 Å². The van der Waals surface area contributed by atoms with Crippen LogP contribution in [0.2, 0.25) is 0 Å². The van der Waals surface area contributed by atoms with Crippen LogP contribution >= 0.6 is 11.3 Å². The van der Waals surface area contributed by atoms with Gasteiger partial charge in [0.1, 0.15) is 0 Å². The zero-order valence-corrected chi connectivity index (χ0v) is 11.8. The lowest BCUT2D eigenvalue weighted by Gasteiger charge is -1.99. The number of aromatic nitrogens is 3. The molecule has 0 fully saturated rings. The van der Waals surface area contributed by atoms with Crippen LogP contribution in [-0.4, -0.2) is 20.9 Å². The number of hydrogen-bond acceptors (Lipinski definition) is 4. The maximum absolute atomic E-state index is 11.9. The molecule has 3 rings (SSSR count). The number of nitrogens with zero attached hydrogens (tertiary/aromatic N) is 2. The van der Waals surface area contributed by atoms with Crippen LogP contribution in [0.3, 0.4) is 0 Å². The monoisotopic (exact) mass is 286 g/mol. The van der Waals surface area contributed by atoms with E-state index in [4.69, 9.17) is 0 Å². The van der Waals surface area contributed by atoms with E-state index < -0.39 is 0 Å². The molecular formula is C14H14N4OS. The van der Waals surface area contributed by atoms with E-state index in [2.05, 4.69) is 26.3 Å². The first-order valence-electron chi connectivity index (χ1n) is 6.35. The fourth-order valence-corrected chi connectivity index (χ4v) is 2.92. The number of imidazole rings is 1. The Hall–Kier alpha value is -2.21. The number of aromatic amines is 1. The van der Waals surface area contributed by atoms with Crippen molar-refractivity contribution in [3.8, 4) is 0 Å². The van der Waals surface area contributed by atoms with Gasteiger partial charge in [-0.2, -0.15) is 0 Å². The summed E-state index contributed by atoms with van der Waals surface area (Å²) in [5.74, 6) is -0.0321. The van der Waals surface area contributed by atoms with Gasteiger partial charge < -0.3 is 10.3 Å². The molecule has 1 amide bonds. The minimum absolute atomic E-state index is 0.0321. The van der Waals surface area contributed by atoms with Crippen molar-refractivity contribution in [2.24, 2.45) is 0 Å². The van der Waals surface area contributed by atoms with Crippen molar-refractivity contribution in [2.75, 3.05) is 5.32 Å². The summed E-state index contributed by atoms with van der Waals surface area (Å²) >= 11 is 1.50. The second kappa shape index (κ2) is 5.42. The van der Waals surface area contributed by atoms with E-state index in [0.29, 0.717) is 18.0 Å². The van der Waals surface area contributed by atoms with Gasteiger partial charge in [0, 0.05) is 18.3 Å². The summed E-state index contributed by atoms with van der Waals surface area (Å²) in [6.07, 6.45) is 4.41. The molecule has 0 unspecified atom stereocenters. The third kappa shape index (κ3) is 2.85. The molecule has 0 bridgehead atoms. The molecule has 1 aromatic carbocycles. The first-order chi connectivity index (χ1) is 9.70. The van der Waals surface area contributed by atoms with Crippen molar-refractivity contribution in [3.05, 3.63) is 42.0 Å². The summed E-state index contributed by atoms with van der Waals surface area (Å²) < 4.78 is 1.09. The van der Waals surface area contributed by atoms with Crippen LogP contribution in [0.5, 0.6) is 0 Å². The third-order valence-corrected chi connectivity index (χ3v) is 3.90. The molecule has 0 saturated heterocycles. The van der Waals surface area contributed by atoms with Crippen LogP contribution in [0.15, 0.2) is 30.7 Å². The topological polar surface area (TPSA) is 70.7 Å². The fraction of sp³-hybridized carbons (Fsp3) is 0.214. The smallest absolute Gasteiger partial charge is 0.226 e. The molecule has 5 nitrogen and oxygen atoms in total. The lowest BCUT2D eigenvalue weighted by atomic mass is 10.2. The van der Waals surface area contributed by atoms with Crippen LogP contribution < -0.4 is 5.32 Å². The predicted molar refractivity (Wildman–Crippen MR) is 79.9 cm³/mol. The van der Waals surface area contributed by atoms with Crippen molar-refractivity contribution in [3.63, 3.8) is 0 Å². The van der Waals surface area contributed by atoms with E-state index in [1.165, 1.54) is 16.9 Å². The standard InChI is InChI=1S/C14H14N4OS/c1-9-2-4-11-12(6-9)20-14(17-11)18-13(19)5-3-10-7-15-8-16-10/h2,4,6-8H,3,5H2,1H3,(H,15,16)(H,17,18,19). The Balaban J connectivity index is 1.65. The second-order valence-corrected chi connectivity index (χ2v) is 5.65. The highest BCUT2D eigenvalue weighted by molar-refractivity contribution is 7.22. The average Bonchev–Trinajstić information content (AvgIpc) is 3.04. The van der Waals surface area contributed by atoms with Gasteiger partial charge in [0.25, 0.3) is 0 Å². The summed E-state index contributed by atoms with van der Waals surface area (Å²) in [7, 11) is 0. The number of benzene rings is 1. The number of H-pyrrole nitrogens is 1. The largest absolute Gasteiger partial charge is 0.348 e. The highest BCUT2D eigenvalue weighted by Crippen LogP contribution is 2.26. The quantitative estimate of drug-likeness (QED) is 0.774. The van der Waals surface area contributed by atoms with E-state index in [1.54, 1.807) is 12.5 Å². The number of nitrogens with one attached hydrogen (secondary N) is 2. The van der Waals surface area contributed by atoms with Crippen molar-refractivity contribution < 1.29 is 4.79 Å². The molecule has 0 atom stereocenters. The SMILES string of the molecule is Cc1ccc2nc(NC(=O)CCc3cnc[nH]3)sc2c1. The third-order valence-electron chi connectivity index (χ3n) is 2.97.